The third-order valence-corrected chi connectivity index (χ3v) is 4.61. The van der Waals surface area contributed by atoms with Crippen LogP contribution in [0, 0.1) is 0 Å². The molecule has 2 aromatic carbocycles. The Hall–Kier alpha value is -3.75. The number of phenols is 1. The Kier molecular flexibility index (Phi) is 5.81. The van der Waals surface area contributed by atoms with Crippen molar-refractivity contribution in [3.8, 4) is 51.6 Å². The van der Waals surface area contributed by atoms with Gasteiger partial charge in [0.15, 0.2) is 28.8 Å². The van der Waals surface area contributed by atoms with E-state index in [0.717, 1.165) is 0 Å². The summed E-state index contributed by atoms with van der Waals surface area (Å²) in [6, 6.07) is 4.74. The van der Waals surface area contributed by atoms with Crippen LogP contribution in [0.3, 0.4) is 0 Å². The number of fused-ring (bicyclic) bond motifs is 1. The van der Waals surface area contributed by atoms with Crippen LogP contribution in [0.2, 0.25) is 0 Å². The molecule has 9 nitrogen and oxygen atoms in total. The maximum atomic E-state index is 13.2. The molecule has 30 heavy (non-hydrogen) atoms. The highest BCUT2D eigenvalue weighted by atomic mass is 16.5. The summed E-state index contributed by atoms with van der Waals surface area (Å²) in [6.07, 6.45) is 0. The van der Waals surface area contributed by atoms with Gasteiger partial charge in [-0.3, -0.25) is 4.79 Å². The van der Waals surface area contributed by atoms with Crippen molar-refractivity contribution in [3.63, 3.8) is 0 Å². The van der Waals surface area contributed by atoms with Crippen molar-refractivity contribution < 1.29 is 37.9 Å². The van der Waals surface area contributed by atoms with Crippen LogP contribution in [0.4, 0.5) is 0 Å². The molecule has 160 valence electrons. The van der Waals surface area contributed by atoms with Crippen molar-refractivity contribution in [3.05, 3.63) is 28.4 Å². The van der Waals surface area contributed by atoms with Gasteiger partial charge in [-0.25, -0.2) is 0 Å². The molecule has 0 spiro atoms. The summed E-state index contributed by atoms with van der Waals surface area (Å²) in [4.78, 5) is 13.2. The predicted octanol–water partition coefficient (Wildman–Crippen LogP) is 3.22. The number of benzene rings is 2. The molecule has 1 aromatic heterocycles. The van der Waals surface area contributed by atoms with Crippen LogP contribution in [0.5, 0.6) is 40.2 Å². The third-order valence-electron chi connectivity index (χ3n) is 4.61. The largest absolute Gasteiger partial charge is 0.504 e. The van der Waals surface area contributed by atoms with Crippen molar-refractivity contribution in [2.24, 2.45) is 0 Å². The summed E-state index contributed by atoms with van der Waals surface area (Å²) >= 11 is 0. The Morgan fingerprint density at radius 2 is 1.33 bits per heavy atom. The Bertz CT molecular complexity index is 1150. The summed E-state index contributed by atoms with van der Waals surface area (Å²) < 4.78 is 37.9. The van der Waals surface area contributed by atoms with Gasteiger partial charge in [-0.05, 0) is 12.1 Å². The number of ether oxygens (including phenoxy) is 6. The van der Waals surface area contributed by atoms with E-state index >= 15 is 0 Å². The minimum Gasteiger partial charge on any atom is -0.504 e. The number of rotatable bonds is 7. The zero-order valence-corrected chi connectivity index (χ0v) is 17.4. The number of phenolic OH excluding ortho intramolecular Hbond substituents is 1. The molecule has 0 fully saturated rings. The van der Waals surface area contributed by atoms with Gasteiger partial charge in [0.1, 0.15) is 11.0 Å². The average molecular weight is 418 g/mol. The first-order valence-corrected chi connectivity index (χ1v) is 8.75. The second-order valence-corrected chi connectivity index (χ2v) is 6.01. The molecule has 3 rings (SSSR count). The maximum Gasteiger partial charge on any atom is 0.239 e. The first-order chi connectivity index (χ1) is 14.5. The van der Waals surface area contributed by atoms with Crippen LogP contribution in [0.25, 0.3) is 22.3 Å². The lowest BCUT2D eigenvalue weighted by Crippen LogP contribution is -2.09. The smallest absolute Gasteiger partial charge is 0.239 e. The van der Waals surface area contributed by atoms with Gasteiger partial charge in [0.2, 0.25) is 22.7 Å². The van der Waals surface area contributed by atoms with Gasteiger partial charge in [-0.15, -0.1) is 0 Å². The van der Waals surface area contributed by atoms with E-state index in [1.165, 1.54) is 48.7 Å². The standard InChI is InChI=1S/C21H22O9/c1-24-11-8-7-10(17(26-3)20(11)28-5)18-21(29-6)16(23)14-12(30-18)9-13(25-2)19(27-4)15(14)22/h7-9,22H,1-6H3. The molecule has 0 aliphatic carbocycles. The molecule has 1 N–H and O–H groups in total. The highest BCUT2D eigenvalue weighted by Crippen LogP contribution is 2.48. The molecule has 0 aliphatic heterocycles. The van der Waals surface area contributed by atoms with Crippen molar-refractivity contribution in [1.82, 2.24) is 0 Å². The molecule has 3 aromatic rings. The van der Waals surface area contributed by atoms with E-state index in [1.54, 1.807) is 12.1 Å². The van der Waals surface area contributed by atoms with Crippen LogP contribution in [0.1, 0.15) is 0 Å². The van der Waals surface area contributed by atoms with Gasteiger partial charge < -0.3 is 37.9 Å². The quantitative estimate of drug-likeness (QED) is 0.619. The number of methoxy groups -OCH3 is 6. The summed E-state index contributed by atoms with van der Waals surface area (Å²) in [5, 5.41) is 10.5. The summed E-state index contributed by atoms with van der Waals surface area (Å²) in [5.74, 6) is 0.778. The lowest BCUT2D eigenvalue weighted by molar-refractivity contribution is 0.324. The second kappa shape index (κ2) is 8.32. The first-order valence-electron chi connectivity index (χ1n) is 8.75. The van der Waals surface area contributed by atoms with Crippen LogP contribution in [0.15, 0.2) is 27.4 Å². The molecule has 0 radical (unpaired) electrons. The minimum atomic E-state index is -0.593. The third kappa shape index (κ3) is 3.08. The number of hydrogen-bond acceptors (Lipinski definition) is 9. The van der Waals surface area contributed by atoms with Gasteiger partial charge in [0.25, 0.3) is 0 Å². The fraction of sp³-hybridized carbons (Fsp3) is 0.286. The van der Waals surface area contributed by atoms with Gasteiger partial charge >= 0.3 is 0 Å². The van der Waals surface area contributed by atoms with E-state index < -0.39 is 11.2 Å². The Labute approximate surface area is 172 Å². The van der Waals surface area contributed by atoms with E-state index in [2.05, 4.69) is 0 Å². The average Bonchev–Trinajstić information content (AvgIpc) is 2.76. The second-order valence-electron chi connectivity index (χ2n) is 6.01. The van der Waals surface area contributed by atoms with Crippen molar-refractivity contribution in [2.75, 3.05) is 42.7 Å². The Morgan fingerprint density at radius 1 is 0.733 bits per heavy atom. The minimum absolute atomic E-state index is 0.0100. The highest BCUT2D eigenvalue weighted by Gasteiger charge is 2.27. The van der Waals surface area contributed by atoms with E-state index in [4.69, 9.17) is 32.8 Å². The van der Waals surface area contributed by atoms with Gasteiger partial charge in [0.05, 0.1) is 48.2 Å². The highest BCUT2D eigenvalue weighted by molar-refractivity contribution is 5.92. The molecule has 0 saturated heterocycles. The number of aromatic hydroxyl groups is 1. The van der Waals surface area contributed by atoms with Crippen LogP contribution < -0.4 is 33.8 Å². The van der Waals surface area contributed by atoms with Crippen molar-refractivity contribution >= 4 is 11.0 Å². The molecule has 9 heteroatoms. The first kappa shape index (κ1) is 21.0. The predicted molar refractivity (Wildman–Crippen MR) is 109 cm³/mol. The van der Waals surface area contributed by atoms with Crippen molar-refractivity contribution in [1.29, 1.82) is 0 Å². The van der Waals surface area contributed by atoms with E-state index in [9.17, 15) is 9.90 Å². The summed E-state index contributed by atoms with van der Waals surface area (Å²) in [6.45, 7) is 0. The zero-order chi connectivity index (χ0) is 22.0. The zero-order valence-electron chi connectivity index (χ0n) is 17.4. The van der Waals surface area contributed by atoms with Crippen LogP contribution in [-0.2, 0) is 0 Å². The molecule has 0 atom stereocenters. The van der Waals surface area contributed by atoms with Gasteiger partial charge in [-0.2, -0.15) is 0 Å². The van der Waals surface area contributed by atoms with E-state index in [1.807, 2.05) is 0 Å². The normalized spacial score (nSPS) is 10.6. The monoisotopic (exact) mass is 418 g/mol. The van der Waals surface area contributed by atoms with Crippen molar-refractivity contribution in [2.45, 2.75) is 0 Å². The van der Waals surface area contributed by atoms with Crippen LogP contribution >= 0.6 is 0 Å². The van der Waals surface area contributed by atoms with Gasteiger partial charge in [0, 0.05) is 6.07 Å². The van der Waals surface area contributed by atoms with Gasteiger partial charge in [-0.1, -0.05) is 0 Å². The maximum absolute atomic E-state index is 13.2. The summed E-state index contributed by atoms with van der Waals surface area (Å²) in [5.41, 5.74) is -0.132. The Morgan fingerprint density at radius 3 is 1.87 bits per heavy atom. The molecule has 0 amide bonds. The number of hydrogen-bond donors (Lipinski definition) is 1. The SMILES string of the molecule is COc1ccc(-c2oc3cc(OC)c(OC)c(O)c3c(=O)c2OC)c(OC)c1OC. The fourth-order valence-electron chi connectivity index (χ4n) is 3.27. The fourth-order valence-corrected chi connectivity index (χ4v) is 3.27. The van der Waals surface area contributed by atoms with Crippen LogP contribution in [-0.4, -0.2) is 47.8 Å². The lowest BCUT2D eigenvalue weighted by atomic mass is 10.1. The molecule has 0 unspecified atom stereocenters. The topological polar surface area (TPSA) is 106 Å². The molecular weight excluding hydrogens is 396 g/mol. The van der Waals surface area contributed by atoms with E-state index in [0.29, 0.717) is 17.1 Å². The summed E-state index contributed by atoms with van der Waals surface area (Å²) in [7, 11) is 8.50. The molecule has 0 aliphatic rings. The molecular formula is C21H22O9. The molecule has 0 saturated carbocycles. The molecule has 0 bridgehead atoms. The lowest BCUT2D eigenvalue weighted by Gasteiger charge is -2.17. The van der Waals surface area contributed by atoms with E-state index in [-0.39, 0.29) is 39.7 Å². The Balaban J connectivity index is 2.45. The molecule has 1 heterocycles.